The normalized spacial score (nSPS) is 10.8. The summed E-state index contributed by atoms with van der Waals surface area (Å²) in [4.78, 5) is 0. The van der Waals surface area contributed by atoms with Crippen molar-refractivity contribution in [3.63, 3.8) is 0 Å². The quantitative estimate of drug-likeness (QED) is 0.719. The van der Waals surface area contributed by atoms with Crippen molar-refractivity contribution in [3.8, 4) is 5.75 Å². The van der Waals surface area contributed by atoms with Gasteiger partial charge in [0.15, 0.2) is 0 Å². The number of hydrogen-bond acceptors (Lipinski definition) is 2. The van der Waals surface area contributed by atoms with Crippen LogP contribution in [0.2, 0.25) is 0 Å². The minimum atomic E-state index is -3.60. The molecular weight excluding hydrogens is 254 g/mol. The maximum absolute atomic E-state index is 11.1. The Kier molecular flexibility index (Phi) is 4.04. The Hall–Kier alpha value is -0.690. The molecule has 2 nitrogen and oxygen atoms in total. The fourth-order valence-electron chi connectivity index (χ4n) is 1.15. The van der Waals surface area contributed by atoms with E-state index in [-0.39, 0.29) is 0 Å². The van der Waals surface area contributed by atoms with Gasteiger partial charge in [-0.05, 0) is 11.6 Å². The third-order valence-corrected chi connectivity index (χ3v) is 2.55. The van der Waals surface area contributed by atoms with E-state index in [2.05, 4.69) is 13.2 Å². The Bertz CT molecular complexity index is 437. The lowest BCUT2D eigenvalue weighted by atomic mass is 10.1. The van der Waals surface area contributed by atoms with E-state index >= 15 is 0 Å². The zero-order valence-corrected chi connectivity index (χ0v) is 10.2. The van der Waals surface area contributed by atoms with Crippen molar-refractivity contribution in [1.82, 2.24) is 0 Å². The van der Waals surface area contributed by atoms with Gasteiger partial charge in [0.05, 0.1) is 0 Å². The Morgan fingerprint density at radius 2 is 1.93 bits per heavy atom. The number of halogens is 2. The van der Waals surface area contributed by atoms with Gasteiger partial charge in [-0.1, -0.05) is 37.4 Å². The molecule has 0 saturated heterocycles. The van der Waals surface area contributed by atoms with E-state index in [4.69, 9.17) is 27.0 Å². The van der Waals surface area contributed by atoms with Crippen LogP contribution < -0.4 is 4.52 Å². The summed E-state index contributed by atoms with van der Waals surface area (Å²) in [5.41, 5.74) is 1.47. The van der Waals surface area contributed by atoms with Gasteiger partial charge in [-0.15, -0.1) is 0 Å². The topological polar surface area (TPSA) is 26.3 Å². The Morgan fingerprint density at radius 3 is 2.40 bits per heavy atom. The van der Waals surface area contributed by atoms with Crippen molar-refractivity contribution < 1.29 is 9.09 Å². The van der Waals surface area contributed by atoms with E-state index in [0.717, 1.165) is 5.56 Å². The first-order valence-electron chi connectivity index (χ1n) is 4.05. The minimum Gasteiger partial charge on any atom is -0.422 e. The van der Waals surface area contributed by atoms with Crippen molar-refractivity contribution in [2.45, 2.75) is 0 Å². The molecule has 1 aromatic rings. The van der Waals surface area contributed by atoms with Crippen molar-refractivity contribution >= 4 is 40.7 Å². The maximum atomic E-state index is 11.1. The summed E-state index contributed by atoms with van der Waals surface area (Å²) in [5, 5.41) is 0. The van der Waals surface area contributed by atoms with E-state index < -0.39 is 6.07 Å². The summed E-state index contributed by atoms with van der Waals surface area (Å²) in [7, 11) is 0. The van der Waals surface area contributed by atoms with Crippen LogP contribution in [0.3, 0.4) is 0 Å². The van der Waals surface area contributed by atoms with Crippen LogP contribution in [-0.4, -0.2) is 0 Å². The van der Waals surface area contributed by atoms with Crippen LogP contribution in [0.5, 0.6) is 5.75 Å². The molecule has 0 bridgehead atoms. The zero-order valence-electron chi connectivity index (χ0n) is 7.82. The van der Waals surface area contributed by atoms with Gasteiger partial charge in [0.1, 0.15) is 5.75 Å². The van der Waals surface area contributed by atoms with Crippen molar-refractivity contribution in [3.05, 3.63) is 42.5 Å². The smallest absolute Gasteiger partial charge is 0.422 e. The maximum Gasteiger partial charge on any atom is 0.428 e. The standard InChI is InChI=1S/C10H9Cl2O2P/c1-3-8-6-5-7-10(9(8)4-2)14-15(11,12)13/h3-7H,1-2H2. The largest absolute Gasteiger partial charge is 0.428 e. The molecule has 0 saturated carbocycles. The van der Waals surface area contributed by atoms with Crippen molar-refractivity contribution in [1.29, 1.82) is 0 Å². The Balaban J connectivity index is 3.23. The molecule has 0 spiro atoms. The van der Waals surface area contributed by atoms with Crippen molar-refractivity contribution in [2.75, 3.05) is 0 Å². The fraction of sp³-hybridized carbons (Fsp3) is 0. The molecule has 0 amide bonds. The molecule has 0 radical (unpaired) electrons. The van der Waals surface area contributed by atoms with E-state index in [1.54, 1.807) is 24.3 Å². The second-order valence-electron chi connectivity index (χ2n) is 2.67. The third-order valence-electron chi connectivity index (χ3n) is 1.73. The molecule has 1 rings (SSSR count). The minimum absolute atomic E-state index is 0.329. The van der Waals surface area contributed by atoms with Crippen LogP contribution in [0.4, 0.5) is 0 Å². The molecule has 0 aliphatic rings. The van der Waals surface area contributed by atoms with Gasteiger partial charge >= 0.3 is 6.07 Å². The van der Waals surface area contributed by atoms with Crippen molar-refractivity contribution in [2.24, 2.45) is 0 Å². The molecule has 0 N–H and O–H groups in total. The fourth-order valence-corrected chi connectivity index (χ4v) is 1.99. The first-order chi connectivity index (χ1) is 6.98. The highest BCUT2D eigenvalue weighted by Crippen LogP contribution is 2.57. The zero-order chi connectivity index (χ0) is 11.5. The average molecular weight is 263 g/mol. The van der Waals surface area contributed by atoms with Gasteiger partial charge in [-0.25, -0.2) is 4.57 Å². The van der Waals surface area contributed by atoms with Crippen LogP contribution in [0, 0.1) is 0 Å². The van der Waals surface area contributed by atoms with Crippen LogP contribution >= 0.6 is 28.6 Å². The summed E-state index contributed by atoms with van der Waals surface area (Å²) in [5.74, 6) is 0.329. The molecule has 80 valence electrons. The van der Waals surface area contributed by atoms with Gasteiger partial charge in [-0.3, -0.25) is 0 Å². The monoisotopic (exact) mass is 262 g/mol. The summed E-state index contributed by atoms with van der Waals surface area (Å²) in [6.45, 7) is 7.27. The third kappa shape index (κ3) is 3.42. The molecule has 0 heterocycles. The molecule has 0 fully saturated rings. The van der Waals surface area contributed by atoms with Crippen LogP contribution in [0.25, 0.3) is 12.2 Å². The van der Waals surface area contributed by atoms with Gasteiger partial charge in [0, 0.05) is 28.0 Å². The highest BCUT2D eigenvalue weighted by Gasteiger charge is 2.18. The number of hydrogen-bond donors (Lipinski definition) is 0. The van der Waals surface area contributed by atoms with Crippen LogP contribution in [-0.2, 0) is 4.57 Å². The molecule has 0 aromatic heterocycles. The molecule has 1 aromatic carbocycles. The molecule has 0 aliphatic heterocycles. The Labute approximate surface area is 98.2 Å². The molecule has 0 aliphatic carbocycles. The van der Waals surface area contributed by atoms with Gasteiger partial charge < -0.3 is 4.52 Å². The predicted octanol–water partition coefficient (Wildman–Crippen LogP) is 4.94. The second kappa shape index (κ2) is 4.89. The molecule has 5 heteroatoms. The SMILES string of the molecule is C=Cc1cccc(OP(=O)(Cl)Cl)c1C=C. The Morgan fingerprint density at radius 1 is 1.27 bits per heavy atom. The first kappa shape index (κ1) is 12.4. The highest BCUT2D eigenvalue weighted by atomic mass is 35.9. The van der Waals surface area contributed by atoms with Gasteiger partial charge in [0.2, 0.25) is 0 Å². The van der Waals surface area contributed by atoms with E-state index in [9.17, 15) is 4.57 Å². The second-order valence-corrected chi connectivity index (χ2v) is 6.87. The lowest BCUT2D eigenvalue weighted by Crippen LogP contribution is -1.88. The van der Waals surface area contributed by atoms with E-state index in [1.165, 1.54) is 0 Å². The molecule has 0 atom stereocenters. The van der Waals surface area contributed by atoms with Crippen LogP contribution in [0.1, 0.15) is 11.1 Å². The average Bonchev–Trinajstić information content (AvgIpc) is 2.15. The predicted molar refractivity (Wildman–Crippen MR) is 66.6 cm³/mol. The van der Waals surface area contributed by atoms with E-state index in [0.29, 0.717) is 11.3 Å². The summed E-state index contributed by atoms with van der Waals surface area (Å²) >= 11 is 10.7. The first-order valence-corrected chi connectivity index (χ1v) is 7.48. The molecular formula is C10H9Cl2O2P. The number of benzene rings is 1. The molecule has 0 unspecified atom stereocenters. The van der Waals surface area contributed by atoms with Crippen LogP contribution in [0.15, 0.2) is 31.4 Å². The van der Waals surface area contributed by atoms with E-state index in [1.807, 2.05) is 6.07 Å². The number of rotatable bonds is 4. The summed E-state index contributed by atoms with van der Waals surface area (Å²) in [6, 6.07) is 5.16. The lowest BCUT2D eigenvalue weighted by molar-refractivity contribution is 0.512. The van der Waals surface area contributed by atoms with Gasteiger partial charge in [0.25, 0.3) is 0 Å². The highest BCUT2D eigenvalue weighted by molar-refractivity contribution is 8.05. The summed E-state index contributed by atoms with van der Waals surface area (Å²) in [6.07, 6.45) is -0.394. The lowest BCUT2D eigenvalue weighted by Gasteiger charge is -2.10. The molecule has 15 heavy (non-hydrogen) atoms. The van der Waals surface area contributed by atoms with Gasteiger partial charge in [-0.2, -0.15) is 0 Å². The summed E-state index contributed by atoms with van der Waals surface area (Å²) < 4.78 is 16.0.